The summed E-state index contributed by atoms with van der Waals surface area (Å²) in [4.78, 5) is 13.2. The van der Waals surface area contributed by atoms with Crippen LogP contribution in [0.5, 0.6) is 5.75 Å². The lowest BCUT2D eigenvalue weighted by molar-refractivity contribution is 0.476. The summed E-state index contributed by atoms with van der Waals surface area (Å²) in [6.07, 6.45) is 1.30. The number of phenolic OH excluding ortho intramolecular Hbond substituents is 1. The summed E-state index contributed by atoms with van der Waals surface area (Å²) in [5, 5.41) is 9.81. The van der Waals surface area contributed by atoms with E-state index in [4.69, 9.17) is 23.2 Å². The Morgan fingerprint density at radius 3 is 2.69 bits per heavy atom. The molecule has 1 rings (SSSR count). The molecule has 1 N–H and O–H groups in total. The standard InChI is InChI=1S/C8H5Cl2NO2/c1-4-5(9)2-6(11-3-12)8(13)7(4)10/h2,13H,1H3. The molecule has 0 amide bonds. The van der Waals surface area contributed by atoms with Crippen LogP contribution in [0.3, 0.4) is 0 Å². The maximum atomic E-state index is 9.95. The molecular formula is C8H5Cl2NO2. The first kappa shape index (κ1) is 10.1. The topological polar surface area (TPSA) is 49.7 Å². The molecule has 0 spiro atoms. The fourth-order valence-electron chi connectivity index (χ4n) is 0.826. The van der Waals surface area contributed by atoms with Gasteiger partial charge >= 0.3 is 0 Å². The van der Waals surface area contributed by atoms with Crippen molar-refractivity contribution < 1.29 is 9.90 Å². The fourth-order valence-corrected chi connectivity index (χ4v) is 1.27. The molecule has 1 aromatic carbocycles. The Morgan fingerprint density at radius 2 is 2.15 bits per heavy atom. The summed E-state index contributed by atoms with van der Waals surface area (Å²) in [6.45, 7) is 1.65. The van der Waals surface area contributed by atoms with E-state index in [-0.39, 0.29) is 16.5 Å². The number of phenols is 1. The van der Waals surface area contributed by atoms with Crippen molar-refractivity contribution in [3.05, 3.63) is 21.7 Å². The molecule has 0 atom stereocenters. The van der Waals surface area contributed by atoms with Gasteiger partial charge in [-0.05, 0) is 18.6 Å². The second kappa shape index (κ2) is 3.79. The van der Waals surface area contributed by atoms with Crippen LogP contribution in [0, 0.1) is 6.92 Å². The van der Waals surface area contributed by atoms with Crippen molar-refractivity contribution >= 4 is 35.0 Å². The Balaban J connectivity index is 3.49. The number of hydrogen-bond donors (Lipinski definition) is 1. The second-order valence-corrected chi connectivity index (χ2v) is 3.15. The third-order valence-corrected chi connectivity index (χ3v) is 2.42. The summed E-state index contributed by atoms with van der Waals surface area (Å²) in [5.41, 5.74) is 0.571. The molecule has 0 fully saturated rings. The van der Waals surface area contributed by atoms with Gasteiger partial charge in [-0.1, -0.05) is 23.2 Å². The van der Waals surface area contributed by atoms with Gasteiger partial charge in [0.15, 0.2) is 5.75 Å². The molecule has 1 aromatic rings. The second-order valence-electron chi connectivity index (χ2n) is 2.37. The first-order chi connectivity index (χ1) is 6.07. The van der Waals surface area contributed by atoms with Gasteiger partial charge in [0.05, 0.1) is 5.02 Å². The van der Waals surface area contributed by atoms with Crippen LogP contribution >= 0.6 is 23.2 Å². The maximum absolute atomic E-state index is 9.95. The quantitative estimate of drug-likeness (QED) is 0.581. The van der Waals surface area contributed by atoms with Crippen molar-refractivity contribution in [3.63, 3.8) is 0 Å². The number of rotatable bonds is 1. The van der Waals surface area contributed by atoms with Crippen molar-refractivity contribution in [1.29, 1.82) is 0 Å². The van der Waals surface area contributed by atoms with E-state index in [0.29, 0.717) is 10.6 Å². The molecule has 0 aliphatic carbocycles. The average Bonchev–Trinajstić information content (AvgIpc) is 2.11. The van der Waals surface area contributed by atoms with Crippen LogP contribution in [0.4, 0.5) is 5.69 Å². The van der Waals surface area contributed by atoms with Crippen molar-refractivity contribution in [1.82, 2.24) is 0 Å². The minimum atomic E-state index is -0.257. The van der Waals surface area contributed by atoms with E-state index < -0.39 is 0 Å². The van der Waals surface area contributed by atoms with Gasteiger partial charge in [0.1, 0.15) is 5.69 Å². The number of nitrogens with zero attached hydrogens (tertiary/aromatic N) is 1. The molecule has 0 aliphatic heterocycles. The molecular weight excluding hydrogens is 213 g/mol. The summed E-state index contributed by atoms with van der Waals surface area (Å²) < 4.78 is 0. The van der Waals surface area contributed by atoms with E-state index in [2.05, 4.69) is 4.99 Å². The minimum Gasteiger partial charge on any atom is -0.504 e. The van der Waals surface area contributed by atoms with Crippen LogP contribution < -0.4 is 0 Å². The van der Waals surface area contributed by atoms with Crippen LogP contribution in [0.1, 0.15) is 5.56 Å². The van der Waals surface area contributed by atoms with Crippen molar-refractivity contribution in [2.45, 2.75) is 6.92 Å². The summed E-state index contributed by atoms with van der Waals surface area (Å²) in [6, 6.07) is 1.35. The fraction of sp³-hybridized carbons (Fsp3) is 0.125. The Labute approximate surface area is 84.6 Å². The lowest BCUT2D eigenvalue weighted by Gasteiger charge is -2.05. The first-order valence-corrected chi connectivity index (χ1v) is 4.09. The molecule has 0 saturated carbocycles. The van der Waals surface area contributed by atoms with E-state index in [1.165, 1.54) is 12.1 Å². The van der Waals surface area contributed by atoms with Crippen LogP contribution in [-0.2, 0) is 4.79 Å². The number of isocyanates is 1. The van der Waals surface area contributed by atoms with Gasteiger partial charge in [-0.15, -0.1) is 0 Å². The largest absolute Gasteiger partial charge is 0.504 e. The number of benzene rings is 1. The van der Waals surface area contributed by atoms with Gasteiger partial charge < -0.3 is 5.11 Å². The monoisotopic (exact) mass is 217 g/mol. The predicted octanol–water partition coefficient (Wildman–Crippen LogP) is 2.97. The van der Waals surface area contributed by atoms with Gasteiger partial charge in [-0.2, -0.15) is 4.99 Å². The molecule has 0 aromatic heterocycles. The smallest absolute Gasteiger partial charge is 0.240 e. The van der Waals surface area contributed by atoms with E-state index >= 15 is 0 Å². The summed E-state index contributed by atoms with van der Waals surface area (Å²) in [7, 11) is 0. The molecule has 5 heteroatoms. The Morgan fingerprint density at radius 1 is 1.54 bits per heavy atom. The van der Waals surface area contributed by atoms with Gasteiger partial charge in [0.25, 0.3) is 0 Å². The van der Waals surface area contributed by atoms with E-state index in [0.717, 1.165) is 0 Å². The van der Waals surface area contributed by atoms with E-state index in [1.54, 1.807) is 6.92 Å². The molecule has 0 unspecified atom stereocenters. The van der Waals surface area contributed by atoms with Crippen LogP contribution in [0.2, 0.25) is 10.0 Å². The number of aliphatic imine (C=N–C) groups is 1. The third-order valence-electron chi connectivity index (χ3n) is 1.57. The molecule has 0 bridgehead atoms. The third kappa shape index (κ3) is 1.83. The Hall–Kier alpha value is -1.02. The zero-order valence-electron chi connectivity index (χ0n) is 6.64. The molecule has 0 saturated heterocycles. The molecule has 0 radical (unpaired) electrons. The predicted molar refractivity (Wildman–Crippen MR) is 50.6 cm³/mol. The van der Waals surface area contributed by atoms with Crippen molar-refractivity contribution in [2.24, 2.45) is 4.99 Å². The highest BCUT2D eigenvalue weighted by Gasteiger charge is 2.11. The normalized spacial score (nSPS) is 9.46. The number of hydrogen-bond acceptors (Lipinski definition) is 3. The molecule has 13 heavy (non-hydrogen) atoms. The van der Waals surface area contributed by atoms with Crippen LogP contribution in [0.25, 0.3) is 0 Å². The summed E-state index contributed by atoms with van der Waals surface area (Å²) >= 11 is 11.4. The Kier molecular flexibility index (Phi) is 2.94. The highest BCUT2D eigenvalue weighted by Crippen LogP contribution is 2.39. The minimum absolute atomic E-state index is 0.0237. The van der Waals surface area contributed by atoms with Gasteiger partial charge in [0.2, 0.25) is 6.08 Å². The first-order valence-electron chi connectivity index (χ1n) is 3.33. The highest BCUT2D eigenvalue weighted by atomic mass is 35.5. The zero-order chi connectivity index (χ0) is 10.0. The van der Waals surface area contributed by atoms with E-state index in [1.807, 2.05) is 0 Å². The van der Waals surface area contributed by atoms with Crippen LogP contribution in [0.15, 0.2) is 11.1 Å². The highest BCUT2D eigenvalue weighted by molar-refractivity contribution is 6.37. The van der Waals surface area contributed by atoms with Crippen LogP contribution in [-0.4, -0.2) is 11.2 Å². The lowest BCUT2D eigenvalue weighted by Crippen LogP contribution is -1.79. The summed E-state index contributed by atoms with van der Waals surface area (Å²) in [5.74, 6) is -0.257. The molecule has 0 heterocycles. The SMILES string of the molecule is Cc1c(Cl)cc(N=C=O)c(O)c1Cl. The van der Waals surface area contributed by atoms with Crippen molar-refractivity contribution in [2.75, 3.05) is 0 Å². The molecule has 68 valence electrons. The average molecular weight is 218 g/mol. The zero-order valence-corrected chi connectivity index (χ0v) is 8.15. The molecule has 3 nitrogen and oxygen atoms in total. The molecule has 0 aliphatic rings. The number of halogens is 2. The number of aromatic hydroxyl groups is 1. The van der Waals surface area contributed by atoms with Gasteiger partial charge in [-0.3, -0.25) is 0 Å². The number of carbonyl (C=O) groups excluding carboxylic acids is 1. The maximum Gasteiger partial charge on any atom is 0.240 e. The van der Waals surface area contributed by atoms with E-state index in [9.17, 15) is 9.90 Å². The lowest BCUT2D eigenvalue weighted by atomic mass is 10.2. The Bertz CT molecular complexity index is 398. The van der Waals surface area contributed by atoms with Crippen molar-refractivity contribution in [3.8, 4) is 5.75 Å². The van der Waals surface area contributed by atoms with Gasteiger partial charge in [-0.25, -0.2) is 4.79 Å². The van der Waals surface area contributed by atoms with Gasteiger partial charge in [0, 0.05) is 5.02 Å².